The summed E-state index contributed by atoms with van der Waals surface area (Å²) in [6.45, 7) is 12.8. The van der Waals surface area contributed by atoms with Crippen LogP contribution in [0.25, 0.3) is 33.4 Å². The second-order valence-corrected chi connectivity index (χ2v) is 19.5. The minimum atomic E-state index is -0.879. The van der Waals surface area contributed by atoms with Crippen LogP contribution in [-0.2, 0) is 43.1 Å². The third-order valence-electron chi connectivity index (χ3n) is 11.9. The van der Waals surface area contributed by atoms with Gasteiger partial charge in [0.1, 0.15) is 5.60 Å². The van der Waals surface area contributed by atoms with Crippen molar-refractivity contribution in [2.24, 2.45) is 29.2 Å². The van der Waals surface area contributed by atoms with Crippen molar-refractivity contribution in [3.63, 3.8) is 0 Å². The number of halogens is 2. The summed E-state index contributed by atoms with van der Waals surface area (Å²) in [5.74, 6) is -2.96. The zero-order valence-corrected chi connectivity index (χ0v) is 45.5. The fourth-order valence-electron chi connectivity index (χ4n) is 8.03. The van der Waals surface area contributed by atoms with Gasteiger partial charge < -0.3 is 36.5 Å². The molecule has 0 aliphatic carbocycles. The largest absolute Gasteiger partial charge is 0.481 e. The Bertz CT molecular complexity index is 2540. The summed E-state index contributed by atoms with van der Waals surface area (Å²) in [6.07, 6.45) is 2.93. The number of aliphatic carboxylic acids is 2. The highest BCUT2D eigenvalue weighted by Gasteiger charge is 2.24. The van der Waals surface area contributed by atoms with Crippen molar-refractivity contribution >= 4 is 48.8 Å². The number of ether oxygens (including phenoxy) is 2. The molecule has 0 saturated heterocycles. The van der Waals surface area contributed by atoms with Gasteiger partial charge >= 0.3 is 24.0 Å². The van der Waals surface area contributed by atoms with Crippen LogP contribution in [0.4, 0.5) is 4.79 Å². The lowest BCUT2D eigenvalue weighted by Crippen LogP contribution is -2.41. The quantitative estimate of drug-likeness (QED) is 0.0460. The number of nitrogens with two attached hydrogens (primary N) is 2. The molecule has 6 rings (SSSR count). The number of hydrogen-bond donors (Lipinski definition) is 5. The number of nitrogens with one attached hydrogen (secondary N) is 1. The Labute approximate surface area is 451 Å². The number of amides is 1. The first-order chi connectivity index (χ1) is 34.3. The van der Waals surface area contributed by atoms with E-state index in [0.717, 1.165) is 28.7 Å². The van der Waals surface area contributed by atoms with Gasteiger partial charge in [-0.15, -0.1) is 24.8 Å². The monoisotopic (exact) mass is 1050 g/mol. The van der Waals surface area contributed by atoms with Gasteiger partial charge in [0.2, 0.25) is 0 Å². The van der Waals surface area contributed by atoms with Crippen molar-refractivity contribution in [1.29, 1.82) is 0 Å². The first kappa shape index (κ1) is 63.6. The lowest BCUT2D eigenvalue weighted by molar-refractivity contribution is -0.148. The van der Waals surface area contributed by atoms with Gasteiger partial charge in [-0.3, -0.25) is 14.4 Å². The van der Waals surface area contributed by atoms with Crippen LogP contribution >= 0.6 is 24.8 Å². The van der Waals surface area contributed by atoms with Crippen LogP contribution in [0.1, 0.15) is 84.4 Å². The summed E-state index contributed by atoms with van der Waals surface area (Å²) in [4.78, 5) is 45.9. The molecule has 11 nitrogen and oxygen atoms in total. The van der Waals surface area contributed by atoms with E-state index < -0.39 is 35.5 Å². The van der Waals surface area contributed by atoms with Gasteiger partial charge in [-0.25, -0.2) is 4.79 Å². The molecule has 0 aliphatic rings. The second-order valence-electron chi connectivity index (χ2n) is 19.5. The lowest BCUT2D eigenvalue weighted by atomic mass is 9.95. The predicted molar refractivity (Wildman–Crippen MR) is 304 cm³/mol. The Kier molecular flexibility index (Phi) is 28.1. The Morgan fingerprint density at radius 1 is 0.486 bits per heavy atom. The molecule has 0 spiro atoms. The highest BCUT2D eigenvalue weighted by Crippen LogP contribution is 2.24. The van der Waals surface area contributed by atoms with Crippen molar-refractivity contribution in [2.75, 3.05) is 6.61 Å². The topological polar surface area (TPSA) is 191 Å². The van der Waals surface area contributed by atoms with E-state index in [1.54, 1.807) is 34.6 Å². The van der Waals surface area contributed by atoms with E-state index >= 15 is 0 Å². The molecule has 0 bridgehead atoms. The van der Waals surface area contributed by atoms with Crippen LogP contribution in [0.3, 0.4) is 0 Å². The highest BCUT2D eigenvalue weighted by atomic mass is 35.5. The SMILES string of the molecule is CCOC(=O)[C@H](C)CC(N)Cc1ccc(-c2ccccc2)cc1.C[C@H](CC(Cc1ccc(-c2ccccc2)cc1)NC(=O)OC(C)(C)C)C(=O)O.C[C@H](CC(N)Cc1ccc(-c2ccccc2)cc1)C(=O)O.Cl.Cl. The van der Waals surface area contributed by atoms with E-state index in [2.05, 4.69) is 90.2 Å². The van der Waals surface area contributed by atoms with Crippen LogP contribution in [0.2, 0.25) is 0 Å². The zero-order valence-electron chi connectivity index (χ0n) is 43.8. The molecule has 0 fully saturated rings. The zero-order chi connectivity index (χ0) is 52.6. The van der Waals surface area contributed by atoms with Gasteiger partial charge in [-0.2, -0.15) is 0 Å². The number of esters is 1. The molecule has 0 aliphatic heterocycles. The minimum Gasteiger partial charge on any atom is -0.481 e. The molecule has 0 radical (unpaired) electrons. The lowest BCUT2D eigenvalue weighted by Gasteiger charge is -2.24. The number of hydrogen-bond acceptors (Lipinski definition) is 8. The summed E-state index contributed by atoms with van der Waals surface area (Å²) in [6, 6.07) is 54.9. The molecule has 0 saturated carbocycles. The van der Waals surface area contributed by atoms with E-state index in [1.165, 1.54) is 27.8 Å². The average Bonchev–Trinajstić information content (AvgIpc) is 3.35. The molecule has 6 atom stereocenters. The van der Waals surface area contributed by atoms with Crippen LogP contribution in [0.15, 0.2) is 164 Å². The predicted octanol–water partition coefficient (Wildman–Crippen LogP) is 12.9. The van der Waals surface area contributed by atoms with Crippen LogP contribution in [0.5, 0.6) is 0 Å². The third kappa shape index (κ3) is 23.6. The highest BCUT2D eigenvalue weighted by molar-refractivity contribution is 5.85. The van der Waals surface area contributed by atoms with E-state index in [4.69, 9.17) is 26.0 Å². The summed E-state index contributed by atoms with van der Waals surface area (Å²) in [5.41, 5.74) is 22.0. The molecule has 6 aromatic rings. The molecule has 13 heteroatoms. The molecule has 6 aromatic carbocycles. The third-order valence-corrected chi connectivity index (χ3v) is 11.9. The molecule has 7 N–H and O–H groups in total. The number of carbonyl (C=O) groups is 4. The summed E-state index contributed by atoms with van der Waals surface area (Å²) in [5, 5.41) is 21.0. The summed E-state index contributed by atoms with van der Waals surface area (Å²) < 4.78 is 10.4. The van der Waals surface area contributed by atoms with Crippen molar-refractivity contribution < 1.29 is 38.9 Å². The number of carbonyl (C=O) groups excluding carboxylic acids is 2. The maximum Gasteiger partial charge on any atom is 0.407 e. The number of carboxylic acids is 2. The van der Waals surface area contributed by atoms with E-state index in [1.807, 2.05) is 92.7 Å². The smallest absolute Gasteiger partial charge is 0.407 e. The van der Waals surface area contributed by atoms with E-state index in [0.29, 0.717) is 38.7 Å². The van der Waals surface area contributed by atoms with Gasteiger partial charge in [0.05, 0.1) is 24.4 Å². The molecule has 398 valence electrons. The maximum atomic E-state index is 12.2. The molecular weight excluding hydrogens is 974 g/mol. The molecule has 74 heavy (non-hydrogen) atoms. The van der Waals surface area contributed by atoms with Crippen LogP contribution in [-0.4, -0.2) is 64.5 Å². The van der Waals surface area contributed by atoms with E-state index in [9.17, 15) is 24.3 Å². The van der Waals surface area contributed by atoms with Crippen molar-refractivity contribution in [3.8, 4) is 33.4 Å². The van der Waals surface area contributed by atoms with Crippen molar-refractivity contribution in [1.82, 2.24) is 5.32 Å². The van der Waals surface area contributed by atoms with Crippen molar-refractivity contribution in [3.05, 3.63) is 180 Å². The standard InChI is InChI=1S/C23H29NO4.C20H25NO2.C18H21NO2.2ClH/c1-16(21(25)26)14-20(24-22(27)28-23(2,3)4)15-17-10-12-19(13-11-17)18-8-6-5-7-9-18;1-3-23-20(22)15(2)13-19(21)14-16-9-11-18(12-10-16)17-7-5-4-6-8-17;1-13(18(20)21)11-17(19)12-14-7-9-16(10-8-14)15-5-3-2-4-6-15;;/h5-13,16,20H,14-15H2,1-4H3,(H,24,27)(H,25,26);4-12,15,19H,3,13-14,21H2,1-2H3;2-10,13,17H,11-12,19H2,1H3,(H,20,21);2*1H/t16-,20?;15-,19?;13-,17?;;/m111../s1. The molecule has 1 amide bonds. The Balaban J connectivity index is 0.000000379. The summed E-state index contributed by atoms with van der Waals surface area (Å²) in [7, 11) is 0. The van der Waals surface area contributed by atoms with Gasteiger partial charge in [-0.1, -0.05) is 185 Å². The van der Waals surface area contributed by atoms with Gasteiger partial charge in [0, 0.05) is 18.1 Å². The fraction of sp³-hybridized carbons (Fsp3) is 0.344. The van der Waals surface area contributed by atoms with E-state index in [-0.39, 0.29) is 54.8 Å². The number of rotatable bonds is 20. The van der Waals surface area contributed by atoms with Crippen LogP contribution in [0, 0.1) is 17.8 Å². The first-order valence-electron chi connectivity index (χ1n) is 24.9. The Morgan fingerprint density at radius 2 is 0.797 bits per heavy atom. The summed E-state index contributed by atoms with van der Waals surface area (Å²) >= 11 is 0. The van der Waals surface area contributed by atoms with Gasteiger partial charge in [0.25, 0.3) is 0 Å². The Hall–Kier alpha value is -6.50. The molecule has 0 aromatic heterocycles. The average molecular weight is 1050 g/mol. The fourth-order valence-corrected chi connectivity index (χ4v) is 8.03. The molecule has 0 heterocycles. The number of carboxylic acid groups (broad SMARTS) is 2. The number of benzene rings is 6. The maximum absolute atomic E-state index is 12.2. The minimum absolute atomic E-state index is 0. The van der Waals surface area contributed by atoms with Crippen molar-refractivity contribution in [2.45, 2.75) is 111 Å². The molecular formula is C61H77Cl2N3O8. The van der Waals surface area contributed by atoms with Crippen LogP contribution < -0.4 is 16.8 Å². The first-order valence-corrected chi connectivity index (χ1v) is 24.9. The normalized spacial score (nSPS) is 13.1. The Morgan fingerprint density at radius 3 is 1.12 bits per heavy atom. The number of alkyl carbamates (subject to hydrolysis) is 1. The second kappa shape index (κ2) is 32.6. The van der Waals surface area contributed by atoms with Gasteiger partial charge in [-0.05, 0) is 116 Å². The van der Waals surface area contributed by atoms with Gasteiger partial charge in [0.15, 0.2) is 0 Å². The molecule has 3 unspecified atom stereocenters.